The number of aryl methyl sites for hydroxylation is 1. The molecular formula is C18H21F2N3O. The Labute approximate surface area is 140 Å². The lowest BCUT2D eigenvalue weighted by Crippen LogP contribution is -2.14. The molecule has 0 saturated carbocycles. The van der Waals surface area contributed by atoms with E-state index < -0.39 is 17.7 Å². The minimum atomic E-state index is -0.630. The lowest BCUT2D eigenvalue weighted by Gasteiger charge is -2.15. The molecule has 1 unspecified atom stereocenters. The van der Waals surface area contributed by atoms with E-state index in [1.165, 1.54) is 12.1 Å². The van der Waals surface area contributed by atoms with Crippen molar-refractivity contribution >= 4 is 12.0 Å². The molecule has 1 aromatic heterocycles. The standard InChI is InChI=1S/C18H21F2N3O/c1-5-23(4)11-22-17-10-21-18(6-12(17)2)24-13(3)14-7-15(19)9-16(20)8-14/h6-11,13H,5H2,1-4H3. The van der Waals surface area contributed by atoms with Gasteiger partial charge in [0, 0.05) is 25.7 Å². The second kappa shape index (κ2) is 7.86. The van der Waals surface area contributed by atoms with Crippen LogP contribution < -0.4 is 4.74 Å². The van der Waals surface area contributed by atoms with Crippen LogP contribution in [0.2, 0.25) is 0 Å². The van der Waals surface area contributed by atoms with Gasteiger partial charge in [-0.25, -0.2) is 18.8 Å². The van der Waals surface area contributed by atoms with Crippen LogP contribution in [0.3, 0.4) is 0 Å². The molecular weight excluding hydrogens is 312 g/mol. The van der Waals surface area contributed by atoms with Crippen molar-refractivity contribution in [3.8, 4) is 5.88 Å². The number of aliphatic imine (C=N–C) groups is 1. The maximum Gasteiger partial charge on any atom is 0.214 e. The molecule has 6 heteroatoms. The summed E-state index contributed by atoms with van der Waals surface area (Å²) >= 11 is 0. The molecule has 0 saturated heterocycles. The van der Waals surface area contributed by atoms with Crippen molar-refractivity contribution in [3.63, 3.8) is 0 Å². The van der Waals surface area contributed by atoms with Gasteiger partial charge in [-0.3, -0.25) is 0 Å². The third-order valence-corrected chi connectivity index (χ3v) is 3.60. The first-order chi connectivity index (χ1) is 11.4. The van der Waals surface area contributed by atoms with Gasteiger partial charge in [0.1, 0.15) is 17.7 Å². The van der Waals surface area contributed by atoms with Crippen LogP contribution in [0.25, 0.3) is 0 Å². The van der Waals surface area contributed by atoms with Crippen molar-refractivity contribution in [2.45, 2.75) is 26.9 Å². The molecule has 0 fully saturated rings. The lowest BCUT2D eigenvalue weighted by molar-refractivity contribution is 0.216. The average Bonchev–Trinajstić information content (AvgIpc) is 2.52. The molecule has 0 amide bonds. The fourth-order valence-corrected chi connectivity index (χ4v) is 2.02. The summed E-state index contributed by atoms with van der Waals surface area (Å²) in [6.45, 7) is 6.51. The molecule has 0 bridgehead atoms. The summed E-state index contributed by atoms with van der Waals surface area (Å²) in [7, 11) is 1.93. The number of hydrogen-bond acceptors (Lipinski definition) is 3. The van der Waals surface area contributed by atoms with Crippen molar-refractivity contribution in [2.75, 3.05) is 13.6 Å². The summed E-state index contributed by atoms with van der Waals surface area (Å²) in [5, 5.41) is 0. The number of halogens is 2. The molecule has 1 heterocycles. The topological polar surface area (TPSA) is 37.7 Å². The van der Waals surface area contributed by atoms with Crippen LogP contribution in [0.1, 0.15) is 31.1 Å². The smallest absolute Gasteiger partial charge is 0.214 e. The van der Waals surface area contributed by atoms with E-state index in [4.69, 9.17) is 4.74 Å². The zero-order chi connectivity index (χ0) is 17.7. The van der Waals surface area contributed by atoms with Crippen molar-refractivity contribution in [1.29, 1.82) is 0 Å². The van der Waals surface area contributed by atoms with E-state index in [2.05, 4.69) is 9.98 Å². The zero-order valence-electron chi connectivity index (χ0n) is 14.3. The molecule has 0 aliphatic carbocycles. The highest BCUT2D eigenvalue weighted by Crippen LogP contribution is 2.25. The van der Waals surface area contributed by atoms with Crippen molar-refractivity contribution in [2.24, 2.45) is 4.99 Å². The Balaban J connectivity index is 2.12. The van der Waals surface area contributed by atoms with Crippen LogP contribution in [0.4, 0.5) is 14.5 Å². The van der Waals surface area contributed by atoms with Crippen molar-refractivity contribution in [3.05, 3.63) is 53.2 Å². The van der Waals surface area contributed by atoms with E-state index >= 15 is 0 Å². The highest BCUT2D eigenvalue weighted by Gasteiger charge is 2.12. The second-order valence-corrected chi connectivity index (χ2v) is 5.59. The highest BCUT2D eigenvalue weighted by atomic mass is 19.1. The summed E-state index contributed by atoms with van der Waals surface area (Å²) in [6, 6.07) is 5.09. The Morgan fingerprint density at radius 1 is 1.25 bits per heavy atom. The van der Waals surface area contributed by atoms with Gasteiger partial charge < -0.3 is 9.64 Å². The second-order valence-electron chi connectivity index (χ2n) is 5.59. The van der Waals surface area contributed by atoms with E-state index in [1.54, 1.807) is 25.5 Å². The highest BCUT2D eigenvalue weighted by molar-refractivity contribution is 5.62. The maximum atomic E-state index is 13.3. The van der Waals surface area contributed by atoms with Gasteiger partial charge in [0.05, 0.1) is 18.2 Å². The van der Waals surface area contributed by atoms with E-state index in [0.717, 1.165) is 23.9 Å². The summed E-state index contributed by atoms with van der Waals surface area (Å²) < 4.78 is 32.3. The van der Waals surface area contributed by atoms with Crippen LogP contribution >= 0.6 is 0 Å². The summed E-state index contributed by atoms with van der Waals surface area (Å²) in [5.41, 5.74) is 2.06. The quantitative estimate of drug-likeness (QED) is 0.580. The summed E-state index contributed by atoms with van der Waals surface area (Å²) in [6.07, 6.45) is 2.83. The SMILES string of the molecule is CCN(C)C=Nc1cnc(OC(C)c2cc(F)cc(F)c2)cc1C. The first-order valence-electron chi connectivity index (χ1n) is 7.72. The number of ether oxygens (including phenoxy) is 1. The minimum Gasteiger partial charge on any atom is -0.470 e. The van der Waals surface area contributed by atoms with E-state index in [-0.39, 0.29) is 0 Å². The molecule has 0 N–H and O–H groups in total. The first-order valence-corrected chi connectivity index (χ1v) is 7.72. The number of rotatable bonds is 6. The van der Waals surface area contributed by atoms with Gasteiger partial charge in [-0.15, -0.1) is 0 Å². The summed E-state index contributed by atoms with van der Waals surface area (Å²) in [5.74, 6) is -0.879. The van der Waals surface area contributed by atoms with Gasteiger partial charge in [0.25, 0.3) is 0 Å². The Morgan fingerprint density at radius 3 is 2.50 bits per heavy atom. The predicted molar refractivity (Wildman–Crippen MR) is 90.8 cm³/mol. The van der Waals surface area contributed by atoms with Gasteiger partial charge in [-0.2, -0.15) is 0 Å². The lowest BCUT2D eigenvalue weighted by atomic mass is 10.1. The monoisotopic (exact) mass is 333 g/mol. The number of hydrogen-bond donors (Lipinski definition) is 0. The van der Waals surface area contributed by atoms with Crippen molar-refractivity contribution < 1.29 is 13.5 Å². The Hall–Kier alpha value is -2.50. The summed E-state index contributed by atoms with van der Waals surface area (Å²) in [4.78, 5) is 10.5. The molecule has 1 aromatic carbocycles. The molecule has 0 spiro atoms. The third-order valence-electron chi connectivity index (χ3n) is 3.60. The Morgan fingerprint density at radius 2 is 1.92 bits per heavy atom. The molecule has 2 rings (SSSR count). The van der Waals surface area contributed by atoms with Crippen LogP contribution in [-0.4, -0.2) is 29.8 Å². The normalized spacial score (nSPS) is 12.4. The van der Waals surface area contributed by atoms with E-state index in [9.17, 15) is 8.78 Å². The molecule has 2 aromatic rings. The van der Waals surface area contributed by atoms with Crippen LogP contribution in [0, 0.1) is 18.6 Å². The Bertz CT molecular complexity index is 714. The molecule has 24 heavy (non-hydrogen) atoms. The number of benzene rings is 1. The zero-order valence-corrected chi connectivity index (χ0v) is 14.3. The predicted octanol–water partition coefficient (Wildman–Crippen LogP) is 4.42. The molecule has 0 aliphatic heterocycles. The molecule has 0 aliphatic rings. The van der Waals surface area contributed by atoms with Gasteiger partial charge in [0.15, 0.2) is 0 Å². The number of aromatic nitrogens is 1. The number of pyridine rings is 1. The minimum absolute atomic E-state index is 0.382. The largest absolute Gasteiger partial charge is 0.470 e. The first kappa shape index (κ1) is 17.8. The third kappa shape index (κ3) is 4.75. The molecule has 1 atom stereocenters. The number of nitrogens with zero attached hydrogens (tertiary/aromatic N) is 3. The Kier molecular flexibility index (Phi) is 5.84. The van der Waals surface area contributed by atoms with Gasteiger partial charge in [-0.1, -0.05) is 0 Å². The molecule has 0 radical (unpaired) electrons. The molecule has 4 nitrogen and oxygen atoms in total. The van der Waals surface area contributed by atoms with Gasteiger partial charge in [0.2, 0.25) is 5.88 Å². The fourth-order valence-electron chi connectivity index (χ4n) is 2.02. The fraction of sp³-hybridized carbons (Fsp3) is 0.333. The van der Waals surface area contributed by atoms with Crippen LogP contribution in [-0.2, 0) is 0 Å². The van der Waals surface area contributed by atoms with Gasteiger partial charge >= 0.3 is 0 Å². The van der Waals surface area contributed by atoms with E-state index in [1.807, 2.05) is 25.8 Å². The van der Waals surface area contributed by atoms with Crippen molar-refractivity contribution in [1.82, 2.24) is 9.88 Å². The van der Waals surface area contributed by atoms with Crippen LogP contribution in [0.15, 0.2) is 35.5 Å². The average molecular weight is 333 g/mol. The van der Waals surface area contributed by atoms with E-state index in [0.29, 0.717) is 11.4 Å². The van der Waals surface area contributed by atoms with Gasteiger partial charge in [-0.05, 0) is 44.0 Å². The molecule has 128 valence electrons. The van der Waals surface area contributed by atoms with Crippen LogP contribution in [0.5, 0.6) is 5.88 Å². The maximum absolute atomic E-state index is 13.3.